The van der Waals surface area contributed by atoms with Crippen LogP contribution in [0.1, 0.15) is 25.8 Å². The molecule has 0 saturated heterocycles. The van der Waals surface area contributed by atoms with E-state index in [1.165, 1.54) is 31.1 Å². The van der Waals surface area contributed by atoms with E-state index in [9.17, 15) is 22.4 Å². The van der Waals surface area contributed by atoms with E-state index in [1.807, 2.05) is 6.92 Å². The zero-order valence-electron chi connectivity index (χ0n) is 19.7. The molecular weight excluding hydrogens is 483 g/mol. The summed E-state index contributed by atoms with van der Waals surface area (Å²) in [5.41, 5.74) is 0.723. The van der Waals surface area contributed by atoms with Gasteiger partial charge in [-0.3, -0.25) is 9.59 Å². The van der Waals surface area contributed by atoms with E-state index < -0.39 is 34.5 Å². The molecular formula is C23H30ClFN4O4S. The number of nitrogens with one attached hydrogen (secondary N) is 1. The minimum absolute atomic E-state index is 0.00150. The average molecular weight is 513 g/mol. The maximum atomic E-state index is 13.5. The van der Waals surface area contributed by atoms with Crippen molar-refractivity contribution in [2.24, 2.45) is 0 Å². The summed E-state index contributed by atoms with van der Waals surface area (Å²) in [6, 6.07) is 10.8. The molecule has 2 aromatic rings. The Morgan fingerprint density at radius 1 is 1.09 bits per heavy atom. The Hall–Kier alpha value is -2.69. The molecule has 8 nitrogen and oxygen atoms in total. The minimum Gasteiger partial charge on any atom is -0.354 e. The van der Waals surface area contributed by atoms with Crippen LogP contribution in [0.5, 0.6) is 0 Å². The van der Waals surface area contributed by atoms with Crippen molar-refractivity contribution in [1.82, 2.24) is 14.5 Å². The Labute approximate surface area is 205 Å². The van der Waals surface area contributed by atoms with Gasteiger partial charge in [-0.25, -0.2) is 8.70 Å². The van der Waals surface area contributed by atoms with Gasteiger partial charge in [0.25, 0.3) is 0 Å². The monoisotopic (exact) mass is 512 g/mol. The van der Waals surface area contributed by atoms with Gasteiger partial charge in [0, 0.05) is 32.2 Å². The van der Waals surface area contributed by atoms with E-state index in [2.05, 4.69) is 5.32 Å². The molecule has 1 N–H and O–H groups in total. The van der Waals surface area contributed by atoms with Gasteiger partial charge in [-0.05, 0) is 49.2 Å². The predicted molar refractivity (Wildman–Crippen MR) is 131 cm³/mol. The number of carbonyl (C=O) groups excluding carboxylic acids is 2. The molecule has 34 heavy (non-hydrogen) atoms. The summed E-state index contributed by atoms with van der Waals surface area (Å²) < 4.78 is 41.3. The number of rotatable bonds is 11. The zero-order chi connectivity index (χ0) is 25.5. The normalized spacial score (nSPS) is 12.3. The van der Waals surface area contributed by atoms with E-state index in [-0.39, 0.29) is 18.1 Å². The first-order valence-electron chi connectivity index (χ1n) is 10.7. The molecule has 2 aromatic carbocycles. The first-order chi connectivity index (χ1) is 16.0. The zero-order valence-corrected chi connectivity index (χ0v) is 21.2. The fourth-order valence-corrected chi connectivity index (χ4v) is 4.36. The molecule has 0 aliphatic carbocycles. The second-order valence-corrected chi connectivity index (χ2v) is 10.3. The molecule has 0 aliphatic heterocycles. The first-order valence-corrected chi connectivity index (χ1v) is 12.5. The highest BCUT2D eigenvalue weighted by atomic mass is 35.5. The Bertz CT molecular complexity index is 1100. The summed E-state index contributed by atoms with van der Waals surface area (Å²) in [4.78, 5) is 27.5. The largest absolute Gasteiger partial charge is 0.354 e. The van der Waals surface area contributed by atoms with Crippen LogP contribution in [0.15, 0.2) is 48.5 Å². The van der Waals surface area contributed by atoms with Gasteiger partial charge in [0.05, 0.1) is 5.69 Å². The van der Waals surface area contributed by atoms with Crippen LogP contribution in [0.25, 0.3) is 0 Å². The summed E-state index contributed by atoms with van der Waals surface area (Å²) >= 11 is 6.28. The second kappa shape index (κ2) is 12.1. The molecule has 2 amide bonds. The summed E-state index contributed by atoms with van der Waals surface area (Å²) in [6.07, 6.45) is 0.719. The Morgan fingerprint density at radius 3 is 2.26 bits per heavy atom. The Balaban J connectivity index is 2.44. The fraction of sp³-hybridized carbons (Fsp3) is 0.391. The number of halogens is 2. The highest BCUT2D eigenvalue weighted by Crippen LogP contribution is 2.22. The lowest BCUT2D eigenvalue weighted by Gasteiger charge is -2.33. The molecule has 0 aromatic heterocycles. The highest BCUT2D eigenvalue weighted by molar-refractivity contribution is 7.90. The molecule has 11 heteroatoms. The minimum atomic E-state index is -4.10. The lowest BCUT2D eigenvalue weighted by atomic mass is 10.1. The van der Waals surface area contributed by atoms with Crippen LogP contribution in [0.3, 0.4) is 0 Å². The highest BCUT2D eigenvalue weighted by Gasteiger charge is 2.32. The number of amides is 2. The average Bonchev–Trinajstić information content (AvgIpc) is 2.80. The lowest BCUT2D eigenvalue weighted by Crippen LogP contribution is -2.52. The van der Waals surface area contributed by atoms with Crippen LogP contribution in [0, 0.1) is 5.82 Å². The van der Waals surface area contributed by atoms with E-state index >= 15 is 0 Å². The first kappa shape index (κ1) is 27.6. The number of hydrogen-bond donors (Lipinski definition) is 1. The van der Waals surface area contributed by atoms with Crippen molar-refractivity contribution in [3.63, 3.8) is 0 Å². The van der Waals surface area contributed by atoms with Gasteiger partial charge < -0.3 is 10.2 Å². The van der Waals surface area contributed by atoms with Gasteiger partial charge in [0.15, 0.2) is 0 Å². The number of carbonyl (C=O) groups is 2. The van der Waals surface area contributed by atoms with Gasteiger partial charge in [-0.1, -0.05) is 36.7 Å². The molecule has 0 heterocycles. The Morgan fingerprint density at radius 2 is 1.71 bits per heavy atom. The summed E-state index contributed by atoms with van der Waals surface area (Å²) in [6.45, 7) is 3.32. The van der Waals surface area contributed by atoms with Crippen LogP contribution in [-0.2, 0) is 26.3 Å². The van der Waals surface area contributed by atoms with E-state index in [4.69, 9.17) is 11.6 Å². The van der Waals surface area contributed by atoms with Crippen molar-refractivity contribution in [3.05, 3.63) is 64.9 Å². The van der Waals surface area contributed by atoms with Crippen molar-refractivity contribution in [2.45, 2.75) is 32.9 Å². The third-order valence-electron chi connectivity index (χ3n) is 5.15. The van der Waals surface area contributed by atoms with Crippen LogP contribution in [0.4, 0.5) is 10.1 Å². The lowest BCUT2D eigenvalue weighted by molar-refractivity contribution is -0.139. The van der Waals surface area contributed by atoms with Crippen LogP contribution in [-0.4, -0.2) is 62.7 Å². The summed E-state index contributed by atoms with van der Waals surface area (Å²) in [7, 11) is -1.44. The summed E-state index contributed by atoms with van der Waals surface area (Å²) in [5.74, 6) is -1.53. The second-order valence-electron chi connectivity index (χ2n) is 7.85. The molecule has 1 atom stereocenters. The molecule has 0 unspecified atom stereocenters. The van der Waals surface area contributed by atoms with E-state index in [0.29, 0.717) is 17.1 Å². The maximum absolute atomic E-state index is 13.5. The van der Waals surface area contributed by atoms with Crippen molar-refractivity contribution < 1.29 is 22.4 Å². The SMILES string of the molecule is CCCNC(=O)[C@H](C)N(Cc1ccccc1Cl)C(=O)CN(c1ccc(F)cc1)S(=O)(=O)N(C)C. The summed E-state index contributed by atoms with van der Waals surface area (Å²) in [5, 5.41) is 3.17. The molecule has 0 aliphatic rings. The number of hydrogen-bond acceptors (Lipinski definition) is 4. The van der Waals surface area contributed by atoms with Crippen molar-refractivity contribution in [1.29, 1.82) is 0 Å². The number of nitrogens with zero attached hydrogens (tertiary/aromatic N) is 3. The third kappa shape index (κ3) is 6.91. The quantitative estimate of drug-likeness (QED) is 0.501. The van der Waals surface area contributed by atoms with Gasteiger partial charge in [-0.15, -0.1) is 0 Å². The van der Waals surface area contributed by atoms with E-state index in [0.717, 1.165) is 27.2 Å². The van der Waals surface area contributed by atoms with Crippen LogP contribution >= 0.6 is 11.6 Å². The molecule has 0 bridgehead atoms. The molecule has 2 rings (SSSR count). The standard InChI is InChI=1S/C23H30ClFN4O4S/c1-5-14-26-23(31)17(2)28(15-18-8-6-7-9-21(18)24)22(30)16-29(34(32,33)27(3)4)20-12-10-19(25)11-13-20/h6-13,17H,5,14-16H2,1-4H3,(H,26,31)/t17-/m0/s1. The molecule has 0 saturated carbocycles. The van der Waals surface area contributed by atoms with E-state index in [1.54, 1.807) is 31.2 Å². The Kier molecular flexibility index (Phi) is 9.84. The van der Waals surface area contributed by atoms with Gasteiger partial charge in [0.2, 0.25) is 11.8 Å². The van der Waals surface area contributed by atoms with Crippen LogP contribution < -0.4 is 9.62 Å². The molecule has 186 valence electrons. The maximum Gasteiger partial charge on any atom is 0.304 e. The number of anilines is 1. The predicted octanol–water partition coefficient (Wildman–Crippen LogP) is 3.04. The third-order valence-corrected chi connectivity index (χ3v) is 7.34. The van der Waals surface area contributed by atoms with Crippen LogP contribution in [0.2, 0.25) is 5.02 Å². The smallest absolute Gasteiger partial charge is 0.304 e. The van der Waals surface area contributed by atoms with Crippen molar-refractivity contribution >= 4 is 39.3 Å². The molecule has 0 spiro atoms. The molecule has 0 fully saturated rings. The van der Waals surface area contributed by atoms with Gasteiger partial charge in [-0.2, -0.15) is 12.7 Å². The van der Waals surface area contributed by atoms with Gasteiger partial charge in [0.1, 0.15) is 18.4 Å². The van der Waals surface area contributed by atoms with Gasteiger partial charge >= 0.3 is 10.2 Å². The molecule has 0 radical (unpaired) electrons. The number of benzene rings is 2. The topological polar surface area (TPSA) is 90.0 Å². The van der Waals surface area contributed by atoms with Crippen molar-refractivity contribution in [3.8, 4) is 0 Å². The fourth-order valence-electron chi connectivity index (χ4n) is 3.11. The van der Waals surface area contributed by atoms with Crippen molar-refractivity contribution in [2.75, 3.05) is 31.5 Å².